The number of allylic oxidation sites excluding steroid dienone is 2. The van der Waals surface area contributed by atoms with Crippen LogP contribution in [0.25, 0.3) is 0 Å². The molecule has 0 nitrogen and oxygen atoms in total. The molecule has 0 saturated carbocycles. The molecular weight excluding hydrogens is 179 g/mol. The van der Waals surface area contributed by atoms with Crippen LogP contribution < -0.4 is 51.4 Å². The SMILES string of the molecule is CCC=C(CC)[B-](F)(F)F.[K+]. The summed E-state index contributed by atoms with van der Waals surface area (Å²) >= 11 is 0. The Hall–Kier alpha value is 1.23. The fourth-order valence-corrected chi connectivity index (χ4v) is 0.772. The molecule has 0 spiro atoms. The summed E-state index contributed by atoms with van der Waals surface area (Å²) in [6, 6.07) is 0. The molecule has 60 valence electrons. The van der Waals surface area contributed by atoms with E-state index >= 15 is 0 Å². The molecule has 0 heterocycles. The topological polar surface area (TPSA) is 0 Å². The zero-order valence-electron chi connectivity index (χ0n) is 7.20. The Labute approximate surface area is 108 Å². The molecule has 11 heavy (non-hydrogen) atoms. The molecule has 0 N–H and O–H groups in total. The molecule has 0 amide bonds. The van der Waals surface area contributed by atoms with Crippen LogP contribution in [0, 0.1) is 0 Å². The Morgan fingerprint density at radius 1 is 1.27 bits per heavy atom. The average Bonchev–Trinajstić information content (AvgIpc) is 1.80. The smallest absolute Gasteiger partial charge is 0.445 e. The van der Waals surface area contributed by atoms with Gasteiger partial charge in [-0.2, -0.15) is 0 Å². The van der Waals surface area contributed by atoms with E-state index < -0.39 is 6.98 Å². The molecule has 0 unspecified atom stereocenters. The first-order chi connectivity index (χ1) is 4.52. The van der Waals surface area contributed by atoms with Crippen LogP contribution in [0.15, 0.2) is 11.5 Å². The molecule has 0 fully saturated rings. The largest absolute Gasteiger partial charge is 1.00 e. The van der Waals surface area contributed by atoms with Gasteiger partial charge in [0.2, 0.25) is 0 Å². The standard InChI is InChI=1S/C6H11BF3.K/c1-3-5-6(4-2)7(8,9)10;/h5H,3-4H2,1-2H3;/q-1;+1. The second-order valence-electron chi connectivity index (χ2n) is 2.12. The zero-order chi connectivity index (χ0) is 8.20. The zero-order valence-corrected chi connectivity index (χ0v) is 10.3. The molecule has 0 rings (SSSR count). The first-order valence-corrected chi connectivity index (χ1v) is 3.41. The number of hydrogen-bond donors (Lipinski definition) is 0. The first-order valence-electron chi connectivity index (χ1n) is 3.41. The van der Waals surface area contributed by atoms with Crippen molar-refractivity contribution in [1.82, 2.24) is 0 Å². The fraction of sp³-hybridized carbons (Fsp3) is 0.667. The summed E-state index contributed by atoms with van der Waals surface area (Å²) in [4.78, 5) is 0. The van der Waals surface area contributed by atoms with Gasteiger partial charge in [-0.25, -0.2) is 0 Å². The molecule has 0 aliphatic carbocycles. The first kappa shape index (κ1) is 14.7. The third kappa shape index (κ3) is 6.40. The van der Waals surface area contributed by atoms with Crippen LogP contribution in [0.5, 0.6) is 0 Å². The Bertz CT molecular complexity index is 130. The maximum atomic E-state index is 11.9. The third-order valence-corrected chi connectivity index (χ3v) is 1.29. The minimum Gasteiger partial charge on any atom is -0.445 e. The third-order valence-electron chi connectivity index (χ3n) is 1.29. The van der Waals surface area contributed by atoms with E-state index in [4.69, 9.17) is 0 Å². The summed E-state index contributed by atoms with van der Waals surface area (Å²) in [7, 11) is 0. The number of hydrogen-bond acceptors (Lipinski definition) is 0. The fourth-order valence-electron chi connectivity index (χ4n) is 0.772. The number of rotatable bonds is 3. The van der Waals surface area contributed by atoms with Gasteiger partial charge < -0.3 is 12.9 Å². The van der Waals surface area contributed by atoms with Gasteiger partial charge in [-0.15, -0.1) is 11.5 Å². The van der Waals surface area contributed by atoms with Crippen molar-refractivity contribution in [2.75, 3.05) is 0 Å². The van der Waals surface area contributed by atoms with Gasteiger partial charge in [0.1, 0.15) is 0 Å². The molecule has 0 aromatic heterocycles. The average molecular weight is 190 g/mol. The minimum absolute atomic E-state index is 0. The molecular formula is C6H11BF3K. The van der Waals surface area contributed by atoms with Crippen LogP contribution in [0.1, 0.15) is 26.7 Å². The Morgan fingerprint density at radius 3 is 1.82 bits per heavy atom. The Kier molecular flexibility index (Phi) is 9.00. The summed E-state index contributed by atoms with van der Waals surface area (Å²) in [5, 5.41) is 0. The van der Waals surface area contributed by atoms with Crippen LogP contribution >= 0.6 is 0 Å². The van der Waals surface area contributed by atoms with Gasteiger partial charge in [-0.05, 0) is 6.42 Å². The van der Waals surface area contributed by atoms with Crippen LogP contribution in [0.3, 0.4) is 0 Å². The van der Waals surface area contributed by atoms with Crippen molar-refractivity contribution in [3.63, 3.8) is 0 Å². The van der Waals surface area contributed by atoms with Crippen LogP contribution in [0.2, 0.25) is 0 Å². The van der Waals surface area contributed by atoms with Gasteiger partial charge in [-0.1, -0.05) is 20.3 Å². The van der Waals surface area contributed by atoms with Crippen molar-refractivity contribution in [3.8, 4) is 0 Å². The van der Waals surface area contributed by atoms with Crippen molar-refractivity contribution in [3.05, 3.63) is 11.5 Å². The molecule has 0 bridgehead atoms. The van der Waals surface area contributed by atoms with E-state index in [9.17, 15) is 12.9 Å². The molecule has 5 heteroatoms. The minimum atomic E-state index is -4.72. The van der Waals surface area contributed by atoms with E-state index in [0.717, 1.165) is 0 Å². The molecule has 0 radical (unpaired) electrons. The quantitative estimate of drug-likeness (QED) is 0.554. The maximum Gasteiger partial charge on any atom is 1.00 e. The van der Waals surface area contributed by atoms with E-state index in [1.165, 1.54) is 13.0 Å². The van der Waals surface area contributed by atoms with Crippen LogP contribution in [-0.2, 0) is 0 Å². The molecule has 0 atom stereocenters. The van der Waals surface area contributed by atoms with Gasteiger partial charge in [-0.3, -0.25) is 0 Å². The number of halogens is 3. The van der Waals surface area contributed by atoms with E-state index in [1.54, 1.807) is 6.92 Å². The summed E-state index contributed by atoms with van der Waals surface area (Å²) in [5.41, 5.74) is -0.359. The molecule has 0 aromatic rings. The Balaban J connectivity index is 0. The van der Waals surface area contributed by atoms with Gasteiger partial charge in [0.05, 0.1) is 0 Å². The molecule has 0 saturated heterocycles. The van der Waals surface area contributed by atoms with Crippen molar-refractivity contribution >= 4 is 6.98 Å². The monoisotopic (exact) mass is 190 g/mol. The summed E-state index contributed by atoms with van der Waals surface area (Å²) in [6.45, 7) is -1.49. The van der Waals surface area contributed by atoms with Crippen molar-refractivity contribution in [1.29, 1.82) is 0 Å². The van der Waals surface area contributed by atoms with E-state index in [0.29, 0.717) is 6.42 Å². The normalized spacial score (nSPS) is 12.6. The Morgan fingerprint density at radius 2 is 1.73 bits per heavy atom. The van der Waals surface area contributed by atoms with Crippen LogP contribution in [-0.4, -0.2) is 6.98 Å². The maximum absolute atomic E-state index is 11.9. The van der Waals surface area contributed by atoms with Gasteiger partial charge >= 0.3 is 58.4 Å². The van der Waals surface area contributed by atoms with Gasteiger partial charge in [0.25, 0.3) is 0 Å². The summed E-state index contributed by atoms with van der Waals surface area (Å²) in [5.74, 6) is 0. The predicted octanol–water partition coefficient (Wildman–Crippen LogP) is 0.123. The molecule has 0 aromatic carbocycles. The van der Waals surface area contributed by atoms with Crippen molar-refractivity contribution in [2.24, 2.45) is 0 Å². The molecule has 0 aliphatic rings. The predicted molar refractivity (Wildman–Crippen MR) is 37.7 cm³/mol. The van der Waals surface area contributed by atoms with Crippen molar-refractivity contribution < 1.29 is 64.3 Å². The second-order valence-corrected chi connectivity index (χ2v) is 2.12. The van der Waals surface area contributed by atoms with E-state index in [2.05, 4.69) is 0 Å². The van der Waals surface area contributed by atoms with E-state index in [1.807, 2.05) is 0 Å². The van der Waals surface area contributed by atoms with Crippen LogP contribution in [0.4, 0.5) is 12.9 Å². The van der Waals surface area contributed by atoms with E-state index in [-0.39, 0.29) is 63.3 Å². The molecule has 0 aliphatic heterocycles. The van der Waals surface area contributed by atoms with Gasteiger partial charge in [0.15, 0.2) is 0 Å². The summed E-state index contributed by atoms with van der Waals surface area (Å²) in [6.07, 6.45) is 1.81. The van der Waals surface area contributed by atoms with Gasteiger partial charge in [0, 0.05) is 0 Å². The summed E-state index contributed by atoms with van der Waals surface area (Å²) < 4.78 is 35.7. The van der Waals surface area contributed by atoms with Crippen molar-refractivity contribution in [2.45, 2.75) is 26.7 Å². The second kappa shape index (κ2) is 6.72.